The number of nitrogens with one attached hydrogen (secondary N) is 1. The minimum atomic E-state index is -0.0687. The quantitative estimate of drug-likeness (QED) is 0.348. The number of hydrazine groups is 1. The van der Waals surface area contributed by atoms with Crippen LogP contribution in [0.1, 0.15) is 13.8 Å². The van der Waals surface area contributed by atoms with E-state index in [0.29, 0.717) is 23.5 Å². The average molecular weight is 271 g/mol. The first-order valence-electron chi connectivity index (χ1n) is 5.59. The highest BCUT2D eigenvalue weighted by Crippen LogP contribution is 2.20. The fourth-order valence-corrected chi connectivity index (χ4v) is 1.39. The zero-order chi connectivity index (χ0) is 13.8. The van der Waals surface area contributed by atoms with Crippen LogP contribution in [-0.4, -0.2) is 47.4 Å². The third-order valence-electron chi connectivity index (χ3n) is 2.80. The van der Waals surface area contributed by atoms with E-state index in [1.54, 1.807) is 6.07 Å². The lowest BCUT2D eigenvalue weighted by Gasteiger charge is -2.31. The maximum Gasteiger partial charge on any atom is 0.219 e. The summed E-state index contributed by atoms with van der Waals surface area (Å²) >= 11 is 1.44. The molecule has 0 spiro atoms. The Morgan fingerprint density at radius 2 is 2.11 bits per heavy atom. The van der Waals surface area contributed by atoms with Crippen molar-refractivity contribution in [1.29, 1.82) is 0 Å². The van der Waals surface area contributed by atoms with E-state index in [-0.39, 0.29) is 5.54 Å². The lowest BCUT2D eigenvalue weighted by Crippen LogP contribution is -2.43. The Morgan fingerprint density at radius 1 is 1.44 bits per heavy atom. The number of likely N-dealkylation sites (N-methyl/N-ethyl adjacent to an activating group) is 1. The van der Waals surface area contributed by atoms with Crippen molar-refractivity contribution in [3.63, 3.8) is 0 Å². The van der Waals surface area contributed by atoms with E-state index in [9.17, 15) is 0 Å². The molecule has 3 N–H and O–H groups in total. The fourth-order valence-electron chi connectivity index (χ4n) is 1.02. The average Bonchev–Trinajstić information content (AvgIpc) is 2.35. The van der Waals surface area contributed by atoms with Gasteiger partial charge in [-0.25, -0.2) is 10.8 Å². The summed E-state index contributed by atoms with van der Waals surface area (Å²) in [5, 5.41) is 0.628. The van der Waals surface area contributed by atoms with Crippen LogP contribution in [0.3, 0.4) is 0 Å². The van der Waals surface area contributed by atoms with Gasteiger partial charge in [-0.05, 0) is 34.2 Å². The molecule has 1 aromatic heterocycles. The number of anilines is 1. The number of thioether (sulfide) groups is 1. The first-order valence-corrected chi connectivity index (χ1v) is 6.81. The molecule has 6 nitrogen and oxygen atoms in total. The van der Waals surface area contributed by atoms with Crippen molar-refractivity contribution in [3.8, 4) is 5.88 Å². The van der Waals surface area contributed by atoms with Gasteiger partial charge in [0.15, 0.2) is 5.16 Å². The largest absolute Gasteiger partial charge is 0.476 e. The second-order valence-electron chi connectivity index (χ2n) is 4.72. The molecule has 0 atom stereocenters. The molecule has 7 heteroatoms. The van der Waals surface area contributed by atoms with E-state index in [4.69, 9.17) is 10.6 Å². The zero-order valence-electron chi connectivity index (χ0n) is 11.5. The highest BCUT2D eigenvalue weighted by Gasteiger charge is 2.21. The van der Waals surface area contributed by atoms with E-state index in [2.05, 4.69) is 34.1 Å². The maximum absolute atomic E-state index is 5.72. The van der Waals surface area contributed by atoms with Crippen LogP contribution in [0.4, 0.5) is 5.82 Å². The molecule has 102 valence electrons. The van der Waals surface area contributed by atoms with E-state index in [0.717, 1.165) is 0 Å². The SMILES string of the molecule is CSc1nc(NN)cc(OCC(C)(C)N(C)C)n1. The van der Waals surface area contributed by atoms with Crippen LogP contribution in [0.15, 0.2) is 11.2 Å². The zero-order valence-corrected chi connectivity index (χ0v) is 12.3. The van der Waals surface area contributed by atoms with Gasteiger partial charge in [-0.3, -0.25) is 0 Å². The molecule has 0 radical (unpaired) electrons. The smallest absolute Gasteiger partial charge is 0.219 e. The fraction of sp³-hybridized carbons (Fsp3) is 0.636. The number of rotatable bonds is 6. The van der Waals surface area contributed by atoms with Gasteiger partial charge in [0.1, 0.15) is 12.4 Å². The monoisotopic (exact) mass is 271 g/mol. The van der Waals surface area contributed by atoms with Gasteiger partial charge in [0.2, 0.25) is 5.88 Å². The van der Waals surface area contributed by atoms with Gasteiger partial charge < -0.3 is 15.1 Å². The number of nitrogens with zero attached hydrogens (tertiary/aromatic N) is 3. The number of ether oxygens (including phenoxy) is 1. The van der Waals surface area contributed by atoms with Crippen molar-refractivity contribution < 1.29 is 4.74 Å². The molecule has 0 saturated heterocycles. The molecular formula is C11H21N5OS. The van der Waals surface area contributed by atoms with Crippen LogP contribution < -0.4 is 16.0 Å². The lowest BCUT2D eigenvalue weighted by molar-refractivity contribution is 0.110. The van der Waals surface area contributed by atoms with Crippen molar-refractivity contribution in [3.05, 3.63) is 6.07 Å². The summed E-state index contributed by atoms with van der Waals surface area (Å²) in [6, 6.07) is 1.69. The van der Waals surface area contributed by atoms with Gasteiger partial charge >= 0.3 is 0 Å². The van der Waals surface area contributed by atoms with Crippen molar-refractivity contribution in [1.82, 2.24) is 14.9 Å². The van der Waals surface area contributed by atoms with Crippen LogP contribution in [0.2, 0.25) is 0 Å². The maximum atomic E-state index is 5.72. The minimum absolute atomic E-state index is 0.0687. The Hall–Kier alpha value is -1.05. The molecule has 1 heterocycles. The van der Waals surface area contributed by atoms with Gasteiger partial charge in [0, 0.05) is 11.6 Å². The first-order chi connectivity index (χ1) is 8.39. The topological polar surface area (TPSA) is 76.3 Å². The van der Waals surface area contributed by atoms with Gasteiger partial charge in [-0.2, -0.15) is 4.98 Å². The highest BCUT2D eigenvalue weighted by atomic mass is 32.2. The molecule has 0 bridgehead atoms. The molecule has 0 aliphatic rings. The summed E-state index contributed by atoms with van der Waals surface area (Å²) in [5.41, 5.74) is 2.44. The Labute approximate surface area is 112 Å². The predicted molar refractivity (Wildman–Crippen MR) is 74.9 cm³/mol. The summed E-state index contributed by atoms with van der Waals surface area (Å²) in [4.78, 5) is 10.6. The lowest BCUT2D eigenvalue weighted by atomic mass is 10.1. The summed E-state index contributed by atoms with van der Waals surface area (Å²) in [6.07, 6.45) is 1.91. The number of aromatic nitrogens is 2. The van der Waals surface area contributed by atoms with Crippen LogP contribution in [-0.2, 0) is 0 Å². The van der Waals surface area contributed by atoms with Crippen LogP contribution in [0, 0.1) is 0 Å². The predicted octanol–water partition coefficient (Wildman–Crippen LogP) is 1.20. The van der Waals surface area contributed by atoms with Gasteiger partial charge in [-0.1, -0.05) is 11.8 Å². The molecule has 0 saturated carbocycles. The molecule has 1 rings (SSSR count). The first kappa shape index (κ1) is 15.0. The molecule has 18 heavy (non-hydrogen) atoms. The Kier molecular flexibility index (Phi) is 5.18. The Morgan fingerprint density at radius 3 is 2.61 bits per heavy atom. The van der Waals surface area contributed by atoms with Crippen LogP contribution >= 0.6 is 11.8 Å². The number of hydrogen-bond donors (Lipinski definition) is 2. The van der Waals surface area contributed by atoms with E-state index < -0.39 is 0 Å². The second kappa shape index (κ2) is 6.21. The molecule has 0 amide bonds. The summed E-state index contributed by atoms with van der Waals surface area (Å²) < 4.78 is 5.72. The standard InChI is InChI=1S/C11H21N5OS/c1-11(2,16(3)4)7-17-9-6-8(15-12)13-10(14-9)18-5/h6H,7,12H2,1-5H3,(H,13,14,15). The summed E-state index contributed by atoms with van der Waals surface area (Å²) in [7, 11) is 4.03. The highest BCUT2D eigenvalue weighted by molar-refractivity contribution is 7.98. The van der Waals surface area contributed by atoms with E-state index in [1.165, 1.54) is 11.8 Å². The summed E-state index contributed by atoms with van der Waals surface area (Å²) in [5.74, 6) is 6.43. The molecule has 0 unspecified atom stereocenters. The third-order valence-corrected chi connectivity index (χ3v) is 3.34. The van der Waals surface area contributed by atoms with Crippen molar-refractivity contribution >= 4 is 17.6 Å². The molecule has 1 aromatic rings. The molecule has 0 aromatic carbocycles. The minimum Gasteiger partial charge on any atom is -0.476 e. The number of nitrogens with two attached hydrogens (primary N) is 1. The van der Waals surface area contributed by atoms with Crippen molar-refractivity contribution in [2.75, 3.05) is 32.4 Å². The molecule has 0 aliphatic heterocycles. The normalized spacial score (nSPS) is 11.7. The molecular weight excluding hydrogens is 250 g/mol. The summed E-state index contributed by atoms with van der Waals surface area (Å²) in [6.45, 7) is 4.74. The van der Waals surface area contributed by atoms with Crippen molar-refractivity contribution in [2.45, 2.75) is 24.5 Å². The second-order valence-corrected chi connectivity index (χ2v) is 5.49. The van der Waals surface area contributed by atoms with E-state index in [1.807, 2.05) is 20.4 Å². The van der Waals surface area contributed by atoms with Crippen LogP contribution in [0.5, 0.6) is 5.88 Å². The van der Waals surface area contributed by atoms with Crippen LogP contribution in [0.25, 0.3) is 0 Å². The Bertz CT molecular complexity index is 375. The van der Waals surface area contributed by atoms with Gasteiger partial charge in [-0.15, -0.1) is 0 Å². The van der Waals surface area contributed by atoms with Gasteiger partial charge in [0.25, 0.3) is 0 Å². The molecule has 0 fully saturated rings. The number of hydrogen-bond acceptors (Lipinski definition) is 7. The molecule has 0 aliphatic carbocycles. The van der Waals surface area contributed by atoms with Crippen molar-refractivity contribution in [2.24, 2.45) is 5.84 Å². The Balaban J connectivity index is 2.78. The van der Waals surface area contributed by atoms with E-state index >= 15 is 0 Å². The van der Waals surface area contributed by atoms with Gasteiger partial charge in [0.05, 0.1) is 0 Å². The number of nitrogen functional groups attached to an aromatic ring is 1. The third kappa shape index (κ3) is 4.01.